The van der Waals surface area contributed by atoms with E-state index in [9.17, 15) is 4.79 Å². The zero-order chi connectivity index (χ0) is 17.9. The largest absolute Gasteiger partial charge is 0.392 e. The Balaban J connectivity index is 1.79. The van der Waals surface area contributed by atoms with Crippen molar-refractivity contribution in [3.05, 3.63) is 83.1 Å². The van der Waals surface area contributed by atoms with Crippen molar-refractivity contribution < 1.29 is 9.90 Å². The van der Waals surface area contributed by atoms with Crippen molar-refractivity contribution in [2.75, 3.05) is 6.54 Å². The van der Waals surface area contributed by atoms with Gasteiger partial charge in [0.1, 0.15) is 11.6 Å². The predicted molar refractivity (Wildman–Crippen MR) is 96.1 cm³/mol. The molecule has 0 fully saturated rings. The lowest BCUT2D eigenvalue weighted by molar-refractivity contribution is -0.117. The van der Waals surface area contributed by atoms with Crippen LogP contribution in [0.15, 0.2) is 66.4 Å². The summed E-state index contributed by atoms with van der Waals surface area (Å²) in [5.74, 6) is -0.387. The number of carbonyl (C=O) groups is 1. The lowest BCUT2D eigenvalue weighted by Crippen LogP contribution is -2.27. The molecule has 0 aliphatic heterocycles. The average Bonchev–Trinajstić information content (AvgIpc) is 2.66. The Kier molecular flexibility index (Phi) is 7.23. The maximum Gasteiger partial charge on any atom is 0.263 e. The van der Waals surface area contributed by atoms with Gasteiger partial charge in [-0.05, 0) is 23.1 Å². The van der Waals surface area contributed by atoms with Gasteiger partial charge in [0.15, 0.2) is 0 Å². The van der Waals surface area contributed by atoms with Crippen LogP contribution in [0.2, 0.25) is 0 Å². The van der Waals surface area contributed by atoms with E-state index in [2.05, 4.69) is 10.6 Å². The summed E-state index contributed by atoms with van der Waals surface area (Å²) in [4.78, 5) is 12.0. The van der Waals surface area contributed by atoms with Gasteiger partial charge in [-0.2, -0.15) is 5.26 Å². The van der Waals surface area contributed by atoms with E-state index in [-0.39, 0.29) is 18.1 Å². The average molecular weight is 335 g/mol. The highest BCUT2D eigenvalue weighted by atomic mass is 16.3. The molecule has 0 aliphatic carbocycles. The first-order valence-corrected chi connectivity index (χ1v) is 8.07. The van der Waals surface area contributed by atoms with Crippen LogP contribution in [0.5, 0.6) is 0 Å². The number of benzene rings is 2. The minimum absolute atomic E-state index is 0.00927. The van der Waals surface area contributed by atoms with Crippen LogP contribution in [-0.2, 0) is 24.4 Å². The molecular formula is C20H21N3O2. The van der Waals surface area contributed by atoms with E-state index >= 15 is 0 Å². The van der Waals surface area contributed by atoms with Crippen LogP contribution in [0.1, 0.15) is 16.7 Å². The van der Waals surface area contributed by atoms with E-state index < -0.39 is 0 Å². The molecular weight excluding hydrogens is 314 g/mol. The van der Waals surface area contributed by atoms with Gasteiger partial charge >= 0.3 is 0 Å². The van der Waals surface area contributed by atoms with Crippen LogP contribution < -0.4 is 10.6 Å². The molecule has 128 valence electrons. The Morgan fingerprint density at radius 3 is 2.36 bits per heavy atom. The van der Waals surface area contributed by atoms with Gasteiger partial charge in [0.05, 0.1) is 6.61 Å². The Hall–Kier alpha value is -3.10. The number of nitriles is 1. The van der Waals surface area contributed by atoms with Gasteiger partial charge in [-0.3, -0.25) is 4.79 Å². The lowest BCUT2D eigenvalue weighted by Gasteiger charge is -2.06. The maximum atomic E-state index is 12.0. The minimum atomic E-state index is -0.387. The fourth-order valence-corrected chi connectivity index (χ4v) is 2.24. The molecule has 0 radical (unpaired) electrons. The quantitative estimate of drug-likeness (QED) is 0.509. The van der Waals surface area contributed by atoms with Crippen molar-refractivity contribution in [1.82, 2.24) is 10.6 Å². The fraction of sp³-hybridized carbons (Fsp3) is 0.200. The number of nitrogens with one attached hydrogen (secondary N) is 2. The fourth-order valence-electron chi connectivity index (χ4n) is 2.24. The molecule has 1 amide bonds. The predicted octanol–water partition coefficient (Wildman–Crippen LogP) is 2.03. The third-order valence-electron chi connectivity index (χ3n) is 3.67. The van der Waals surface area contributed by atoms with Gasteiger partial charge in [0.2, 0.25) is 0 Å². The first-order valence-electron chi connectivity index (χ1n) is 8.07. The van der Waals surface area contributed by atoms with E-state index in [1.807, 2.05) is 60.7 Å². The SMILES string of the molecule is N#C/C(=C/NCc1ccc(CO)cc1)C(=O)NCCc1ccccc1. The molecule has 5 heteroatoms. The molecule has 2 aromatic carbocycles. The summed E-state index contributed by atoms with van der Waals surface area (Å²) >= 11 is 0. The van der Waals surface area contributed by atoms with Crippen LogP contribution in [0.3, 0.4) is 0 Å². The Labute approximate surface area is 147 Å². The number of rotatable bonds is 8. The van der Waals surface area contributed by atoms with Crippen molar-refractivity contribution >= 4 is 5.91 Å². The Morgan fingerprint density at radius 1 is 1.04 bits per heavy atom. The van der Waals surface area contributed by atoms with Gasteiger partial charge in [-0.25, -0.2) is 0 Å². The molecule has 3 N–H and O–H groups in total. The summed E-state index contributed by atoms with van der Waals surface area (Å²) in [5.41, 5.74) is 3.01. The van der Waals surface area contributed by atoms with Crippen molar-refractivity contribution in [3.63, 3.8) is 0 Å². The molecule has 0 saturated heterocycles. The van der Waals surface area contributed by atoms with Gasteiger partial charge < -0.3 is 15.7 Å². The molecule has 0 atom stereocenters. The summed E-state index contributed by atoms with van der Waals surface area (Å²) in [5, 5.41) is 23.9. The second kappa shape index (κ2) is 9.91. The van der Waals surface area contributed by atoms with Gasteiger partial charge in [-0.1, -0.05) is 54.6 Å². The molecule has 0 saturated carbocycles. The van der Waals surface area contributed by atoms with Gasteiger partial charge in [0.25, 0.3) is 5.91 Å². The van der Waals surface area contributed by atoms with E-state index in [4.69, 9.17) is 10.4 Å². The Bertz CT molecular complexity index is 747. The van der Waals surface area contributed by atoms with Crippen molar-refractivity contribution in [3.8, 4) is 6.07 Å². The second-order valence-electron chi connectivity index (χ2n) is 5.52. The highest BCUT2D eigenvalue weighted by molar-refractivity contribution is 5.97. The number of amides is 1. The van der Waals surface area contributed by atoms with Crippen LogP contribution in [-0.4, -0.2) is 17.6 Å². The number of hydrogen-bond acceptors (Lipinski definition) is 4. The minimum Gasteiger partial charge on any atom is -0.392 e. The molecule has 0 spiro atoms. The summed E-state index contributed by atoms with van der Waals surface area (Å²) in [6.45, 7) is 0.980. The molecule has 0 bridgehead atoms. The number of aliphatic hydroxyl groups is 1. The van der Waals surface area contributed by atoms with Crippen molar-refractivity contribution in [2.45, 2.75) is 19.6 Å². The van der Waals surface area contributed by atoms with E-state index in [1.165, 1.54) is 6.20 Å². The highest BCUT2D eigenvalue weighted by Crippen LogP contribution is 2.04. The summed E-state index contributed by atoms with van der Waals surface area (Å²) < 4.78 is 0. The molecule has 2 aromatic rings. The zero-order valence-corrected chi connectivity index (χ0v) is 13.9. The number of hydrogen-bond donors (Lipinski definition) is 3. The third kappa shape index (κ3) is 6.13. The van der Waals surface area contributed by atoms with Crippen LogP contribution in [0.25, 0.3) is 0 Å². The molecule has 25 heavy (non-hydrogen) atoms. The molecule has 5 nitrogen and oxygen atoms in total. The molecule has 0 heterocycles. The van der Waals surface area contributed by atoms with Crippen molar-refractivity contribution in [2.24, 2.45) is 0 Å². The zero-order valence-electron chi connectivity index (χ0n) is 13.9. The third-order valence-corrected chi connectivity index (χ3v) is 3.67. The van der Waals surface area contributed by atoms with E-state index in [0.29, 0.717) is 13.1 Å². The number of nitrogens with zero attached hydrogens (tertiary/aromatic N) is 1. The molecule has 2 rings (SSSR count). The second-order valence-corrected chi connectivity index (χ2v) is 5.52. The first kappa shape index (κ1) is 18.2. The van der Waals surface area contributed by atoms with Gasteiger partial charge in [0, 0.05) is 19.3 Å². The maximum absolute atomic E-state index is 12.0. The van der Waals surface area contributed by atoms with Gasteiger partial charge in [-0.15, -0.1) is 0 Å². The smallest absolute Gasteiger partial charge is 0.263 e. The first-order chi connectivity index (χ1) is 12.2. The molecule has 0 aromatic heterocycles. The number of carbonyl (C=O) groups excluding carboxylic acids is 1. The molecule has 0 unspecified atom stereocenters. The normalized spacial score (nSPS) is 10.8. The standard InChI is InChI=1S/C20H21N3O2/c21-12-19(14-22-13-17-6-8-18(15-24)9-7-17)20(25)23-11-10-16-4-2-1-3-5-16/h1-9,14,22,24H,10-11,13,15H2,(H,23,25)/b19-14-. The summed E-state index contributed by atoms with van der Waals surface area (Å²) in [6.07, 6.45) is 2.15. The van der Waals surface area contributed by atoms with E-state index in [0.717, 1.165) is 23.1 Å². The lowest BCUT2D eigenvalue weighted by atomic mass is 10.1. The van der Waals surface area contributed by atoms with Crippen LogP contribution >= 0.6 is 0 Å². The number of aliphatic hydroxyl groups excluding tert-OH is 1. The monoisotopic (exact) mass is 335 g/mol. The van der Waals surface area contributed by atoms with Crippen molar-refractivity contribution in [1.29, 1.82) is 5.26 Å². The Morgan fingerprint density at radius 2 is 1.72 bits per heavy atom. The van der Waals surface area contributed by atoms with Crippen LogP contribution in [0, 0.1) is 11.3 Å². The summed E-state index contributed by atoms with van der Waals surface area (Å²) in [7, 11) is 0. The highest BCUT2D eigenvalue weighted by Gasteiger charge is 2.07. The topological polar surface area (TPSA) is 85.2 Å². The van der Waals surface area contributed by atoms with E-state index in [1.54, 1.807) is 0 Å². The molecule has 0 aliphatic rings. The van der Waals surface area contributed by atoms with Crippen LogP contribution in [0.4, 0.5) is 0 Å². The summed E-state index contributed by atoms with van der Waals surface area (Å²) in [6, 6.07) is 19.2.